The molecule has 0 saturated carbocycles. The van der Waals surface area contributed by atoms with Crippen molar-refractivity contribution in [2.24, 2.45) is 0 Å². The minimum atomic E-state index is -3.35. The van der Waals surface area contributed by atoms with Crippen molar-refractivity contribution in [3.63, 3.8) is 0 Å². The molecule has 1 fully saturated rings. The van der Waals surface area contributed by atoms with Gasteiger partial charge in [0.1, 0.15) is 5.75 Å². The van der Waals surface area contributed by atoms with Crippen LogP contribution in [0.3, 0.4) is 0 Å². The molecular weight excluding hydrogens is 437 g/mol. The third kappa shape index (κ3) is 4.99. The molecule has 1 heterocycles. The predicted octanol–water partition coefficient (Wildman–Crippen LogP) is 3.49. The number of fused-ring (bicyclic) bond motifs is 1. The molecule has 2 aliphatic rings. The molecule has 1 unspecified atom stereocenters. The molecule has 0 aromatic heterocycles. The van der Waals surface area contributed by atoms with Crippen LogP contribution < -0.4 is 10.2 Å². The quantitative estimate of drug-likeness (QED) is 0.579. The summed E-state index contributed by atoms with van der Waals surface area (Å²) in [6, 6.07) is 13.9. The van der Waals surface area contributed by atoms with E-state index in [0.717, 1.165) is 29.6 Å². The molecule has 1 saturated heterocycles. The Bertz CT molecular complexity index is 1100. The van der Waals surface area contributed by atoms with Gasteiger partial charge in [-0.15, -0.1) is 0 Å². The second-order valence-electron chi connectivity index (χ2n) is 10.2. The monoisotopic (exact) mass is 471 g/mol. The van der Waals surface area contributed by atoms with Gasteiger partial charge in [0.15, 0.2) is 0 Å². The fourth-order valence-electron chi connectivity index (χ4n) is 4.54. The van der Waals surface area contributed by atoms with Crippen LogP contribution in [0.25, 0.3) is 0 Å². The molecule has 1 atom stereocenters. The third-order valence-corrected chi connectivity index (χ3v) is 8.52. The van der Waals surface area contributed by atoms with Gasteiger partial charge in [-0.1, -0.05) is 30.3 Å². The molecule has 1 aliphatic carbocycles. The van der Waals surface area contributed by atoms with E-state index in [1.807, 2.05) is 24.3 Å². The predicted molar refractivity (Wildman–Crippen MR) is 131 cm³/mol. The summed E-state index contributed by atoms with van der Waals surface area (Å²) in [5.41, 5.74) is 3.68. The van der Waals surface area contributed by atoms with Crippen LogP contribution in [0.4, 0.5) is 0 Å². The van der Waals surface area contributed by atoms with E-state index in [1.54, 1.807) is 11.4 Å². The second-order valence-corrected chi connectivity index (χ2v) is 12.2. The maximum absolute atomic E-state index is 12.6. The van der Waals surface area contributed by atoms with Crippen LogP contribution in [-0.2, 0) is 32.3 Å². The molecular formula is C25H34BNO5S. The molecule has 0 bridgehead atoms. The Balaban J connectivity index is 1.51. The second kappa shape index (κ2) is 8.73. The molecule has 0 N–H and O–H groups in total. The van der Waals surface area contributed by atoms with Gasteiger partial charge in [-0.2, -0.15) is 4.31 Å². The number of hydrogen-bond acceptors (Lipinski definition) is 5. The van der Waals surface area contributed by atoms with Gasteiger partial charge in [0.05, 0.1) is 24.6 Å². The van der Waals surface area contributed by atoms with Gasteiger partial charge < -0.3 is 14.0 Å². The van der Waals surface area contributed by atoms with Crippen molar-refractivity contribution in [2.45, 2.75) is 64.2 Å². The first kappa shape index (κ1) is 24.3. The first-order valence-electron chi connectivity index (χ1n) is 11.5. The zero-order valence-electron chi connectivity index (χ0n) is 20.4. The van der Waals surface area contributed by atoms with Crippen LogP contribution in [0.1, 0.15) is 56.7 Å². The minimum absolute atomic E-state index is 0.167. The largest absolute Gasteiger partial charge is 0.497 e. The van der Waals surface area contributed by atoms with Crippen molar-refractivity contribution in [1.29, 1.82) is 0 Å². The van der Waals surface area contributed by atoms with Gasteiger partial charge >= 0.3 is 7.12 Å². The maximum atomic E-state index is 12.6. The van der Waals surface area contributed by atoms with E-state index in [2.05, 4.69) is 45.9 Å². The highest BCUT2D eigenvalue weighted by Gasteiger charge is 2.51. The van der Waals surface area contributed by atoms with Crippen molar-refractivity contribution >= 4 is 22.6 Å². The summed E-state index contributed by atoms with van der Waals surface area (Å²) >= 11 is 0. The number of methoxy groups -OCH3 is 1. The Kier molecular flexibility index (Phi) is 6.42. The van der Waals surface area contributed by atoms with Crippen LogP contribution in [0, 0.1) is 0 Å². The minimum Gasteiger partial charge on any atom is -0.497 e. The zero-order chi connectivity index (χ0) is 24.0. The standard InChI is InChI=1S/C25H34BNO5S/c1-24(2)25(3,4)32-26(31-24)21-11-14-23-19(15-21)9-10-20(23)17-27(33(6,28)29)16-18-7-12-22(30-5)13-8-18/h7-8,11-15,20H,9-10,16-17H2,1-6H3. The fourth-order valence-corrected chi connectivity index (χ4v) is 5.37. The Morgan fingerprint density at radius 3 is 2.27 bits per heavy atom. The van der Waals surface area contributed by atoms with E-state index in [-0.39, 0.29) is 24.2 Å². The number of rotatable bonds is 7. The molecule has 2 aromatic rings. The molecule has 0 radical (unpaired) electrons. The van der Waals surface area contributed by atoms with Crippen molar-refractivity contribution < 1.29 is 22.5 Å². The Morgan fingerprint density at radius 2 is 1.70 bits per heavy atom. The summed E-state index contributed by atoms with van der Waals surface area (Å²) in [5, 5.41) is 0. The lowest BCUT2D eigenvalue weighted by Gasteiger charge is -2.32. The van der Waals surface area contributed by atoms with Crippen molar-refractivity contribution in [3.8, 4) is 5.75 Å². The Labute approximate surface area is 198 Å². The number of aryl methyl sites for hydroxylation is 1. The molecule has 0 amide bonds. The van der Waals surface area contributed by atoms with E-state index in [0.29, 0.717) is 13.1 Å². The maximum Gasteiger partial charge on any atom is 0.494 e. The van der Waals surface area contributed by atoms with Gasteiger partial charge in [0.2, 0.25) is 10.0 Å². The summed E-state index contributed by atoms with van der Waals surface area (Å²) < 4.78 is 44.4. The van der Waals surface area contributed by atoms with Crippen molar-refractivity contribution in [2.75, 3.05) is 19.9 Å². The van der Waals surface area contributed by atoms with E-state index >= 15 is 0 Å². The summed E-state index contributed by atoms with van der Waals surface area (Å²) in [5.74, 6) is 0.924. The average Bonchev–Trinajstić information content (AvgIpc) is 3.23. The van der Waals surface area contributed by atoms with E-state index < -0.39 is 10.0 Å². The van der Waals surface area contributed by atoms with E-state index in [9.17, 15) is 8.42 Å². The fraction of sp³-hybridized carbons (Fsp3) is 0.520. The molecule has 8 heteroatoms. The SMILES string of the molecule is COc1ccc(CN(CC2CCc3cc(B4OC(C)(C)C(C)(C)O4)ccc32)S(C)(=O)=O)cc1. The first-order chi connectivity index (χ1) is 15.4. The van der Waals surface area contributed by atoms with Crippen molar-refractivity contribution in [1.82, 2.24) is 4.31 Å². The molecule has 178 valence electrons. The lowest BCUT2D eigenvalue weighted by Crippen LogP contribution is -2.41. The number of sulfonamides is 1. The smallest absolute Gasteiger partial charge is 0.494 e. The summed E-state index contributed by atoms with van der Waals surface area (Å²) in [4.78, 5) is 0. The molecule has 33 heavy (non-hydrogen) atoms. The van der Waals surface area contributed by atoms with Crippen molar-refractivity contribution in [3.05, 3.63) is 59.2 Å². The Hall–Kier alpha value is -1.87. The zero-order valence-corrected chi connectivity index (χ0v) is 21.2. The lowest BCUT2D eigenvalue weighted by atomic mass is 9.77. The lowest BCUT2D eigenvalue weighted by molar-refractivity contribution is 0.00578. The van der Waals surface area contributed by atoms with E-state index in [1.165, 1.54) is 17.4 Å². The van der Waals surface area contributed by atoms with Gasteiger partial charge in [0, 0.05) is 13.1 Å². The van der Waals surface area contributed by atoms with Crippen LogP contribution in [0.2, 0.25) is 0 Å². The highest BCUT2D eigenvalue weighted by atomic mass is 32.2. The van der Waals surface area contributed by atoms with Crippen LogP contribution in [0.15, 0.2) is 42.5 Å². The number of nitrogens with zero attached hydrogens (tertiary/aromatic N) is 1. The number of ether oxygens (including phenoxy) is 1. The highest BCUT2D eigenvalue weighted by Crippen LogP contribution is 2.38. The summed E-state index contributed by atoms with van der Waals surface area (Å²) in [7, 11) is -2.12. The molecule has 4 rings (SSSR count). The Morgan fingerprint density at radius 1 is 1.06 bits per heavy atom. The van der Waals surface area contributed by atoms with Crippen LogP contribution in [0.5, 0.6) is 5.75 Å². The number of hydrogen-bond donors (Lipinski definition) is 0. The number of benzene rings is 2. The van der Waals surface area contributed by atoms with Crippen LogP contribution in [-0.4, -0.2) is 51.0 Å². The van der Waals surface area contributed by atoms with Crippen LogP contribution >= 0.6 is 0 Å². The van der Waals surface area contributed by atoms with Gasteiger partial charge in [-0.3, -0.25) is 0 Å². The van der Waals surface area contributed by atoms with Gasteiger partial charge in [-0.25, -0.2) is 8.42 Å². The molecule has 0 spiro atoms. The summed E-state index contributed by atoms with van der Waals surface area (Å²) in [6.45, 7) is 9.03. The molecule has 2 aromatic carbocycles. The van der Waals surface area contributed by atoms with Gasteiger partial charge in [0.25, 0.3) is 0 Å². The highest BCUT2D eigenvalue weighted by molar-refractivity contribution is 7.88. The third-order valence-electron chi connectivity index (χ3n) is 7.31. The first-order valence-corrected chi connectivity index (χ1v) is 13.3. The topological polar surface area (TPSA) is 65.1 Å². The molecule has 6 nitrogen and oxygen atoms in total. The average molecular weight is 471 g/mol. The van der Waals surface area contributed by atoms with E-state index in [4.69, 9.17) is 14.0 Å². The summed E-state index contributed by atoms with van der Waals surface area (Å²) in [6.07, 6.45) is 3.14. The normalized spacial score (nSPS) is 21.4. The van der Waals surface area contributed by atoms with Gasteiger partial charge in [-0.05, 0) is 80.7 Å². The molecule has 1 aliphatic heterocycles.